The topological polar surface area (TPSA) is 87.5 Å². The van der Waals surface area contributed by atoms with Crippen molar-refractivity contribution >= 4 is 46.9 Å². The Morgan fingerprint density at radius 3 is 2.58 bits per heavy atom. The van der Waals surface area contributed by atoms with Gasteiger partial charge in [-0.05, 0) is 49.4 Å². The van der Waals surface area contributed by atoms with Gasteiger partial charge in [-0.1, -0.05) is 54.0 Å². The van der Waals surface area contributed by atoms with E-state index in [9.17, 15) is 4.79 Å². The molecule has 0 saturated heterocycles. The monoisotopic (exact) mass is 548 g/mol. The highest BCUT2D eigenvalue weighted by Gasteiger charge is 2.35. The zero-order valence-electron chi connectivity index (χ0n) is 20.3. The molecule has 8 nitrogen and oxygen atoms in total. The SMILES string of the molecule is CCOC(=O)C1=C(C)Nc2nc(SCC)nn2C1c1ccc(OCc2c(Cl)cccc2Cl)c(OC)c1. The minimum absolute atomic E-state index is 0.166. The van der Waals surface area contributed by atoms with Gasteiger partial charge >= 0.3 is 5.97 Å². The number of aromatic nitrogens is 3. The number of fused-ring (bicyclic) bond motifs is 1. The highest BCUT2D eigenvalue weighted by atomic mass is 35.5. The maximum Gasteiger partial charge on any atom is 0.338 e. The van der Waals surface area contributed by atoms with Crippen molar-refractivity contribution in [2.45, 2.75) is 38.6 Å². The van der Waals surface area contributed by atoms with E-state index in [2.05, 4.69) is 15.4 Å². The number of rotatable bonds is 9. The lowest BCUT2D eigenvalue weighted by Gasteiger charge is -2.28. The van der Waals surface area contributed by atoms with Gasteiger partial charge in [0.25, 0.3) is 0 Å². The molecule has 0 bridgehead atoms. The summed E-state index contributed by atoms with van der Waals surface area (Å²) in [5.41, 5.74) is 2.54. The molecular formula is C25H26Cl2N4O4S. The first-order valence-corrected chi connectivity index (χ1v) is 13.1. The van der Waals surface area contributed by atoms with E-state index in [1.54, 1.807) is 43.0 Å². The summed E-state index contributed by atoms with van der Waals surface area (Å²) < 4.78 is 18.7. The molecule has 0 spiro atoms. The van der Waals surface area contributed by atoms with Gasteiger partial charge in [0, 0.05) is 21.3 Å². The number of carbonyl (C=O) groups is 1. The maximum absolute atomic E-state index is 13.0. The molecule has 2 heterocycles. The summed E-state index contributed by atoms with van der Waals surface area (Å²) >= 11 is 14.1. The van der Waals surface area contributed by atoms with Crippen LogP contribution in [0.25, 0.3) is 0 Å². The first kappa shape index (κ1) is 26.2. The van der Waals surface area contributed by atoms with E-state index in [1.165, 1.54) is 11.8 Å². The van der Waals surface area contributed by atoms with Crippen LogP contribution >= 0.6 is 35.0 Å². The first-order valence-electron chi connectivity index (χ1n) is 11.4. The molecule has 0 fully saturated rings. The number of allylic oxidation sites excluding steroid dienone is 1. The number of benzene rings is 2. The Balaban J connectivity index is 1.73. The van der Waals surface area contributed by atoms with E-state index in [0.29, 0.717) is 49.5 Å². The third-order valence-corrected chi connectivity index (χ3v) is 6.97. The van der Waals surface area contributed by atoms with Gasteiger partial charge in [0.1, 0.15) is 12.6 Å². The fraction of sp³-hybridized carbons (Fsp3) is 0.320. The summed E-state index contributed by atoms with van der Waals surface area (Å²) in [6.45, 7) is 6.05. The highest BCUT2D eigenvalue weighted by molar-refractivity contribution is 7.99. The molecule has 1 unspecified atom stereocenters. The molecule has 3 aromatic rings. The number of carbonyl (C=O) groups excluding carboxylic acids is 1. The van der Waals surface area contributed by atoms with Crippen LogP contribution in [0.3, 0.4) is 0 Å². The van der Waals surface area contributed by atoms with Gasteiger partial charge in [-0.15, -0.1) is 5.10 Å². The minimum Gasteiger partial charge on any atom is -0.493 e. The largest absolute Gasteiger partial charge is 0.493 e. The summed E-state index contributed by atoms with van der Waals surface area (Å²) in [5.74, 6) is 1.94. The average Bonchev–Trinajstić information content (AvgIpc) is 3.25. The van der Waals surface area contributed by atoms with Crippen LogP contribution in [-0.4, -0.2) is 40.2 Å². The Labute approximate surface area is 223 Å². The summed E-state index contributed by atoms with van der Waals surface area (Å²) in [5, 5.41) is 9.51. The standard InChI is InChI=1S/C25H26Cl2N4O4S/c1-5-34-23(32)21-14(3)28-24-29-25(36-6-2)30-31(24)22(21)15-10-11-19(20(12-15)33-4)35-13-16-17(26)8-7-9-18(16)27/h7-12,22H,5-6,13H2,1-4H3,(H,28,29,30). The number of esters is 1. The van der Waals surface area contributed by atoms with Gasteiger partial charge < -0.3 is 19.5 Å². The van der Waals surface area contributed by atoms with E-state index < -0.39 is 12.0 Å². The number of ether oxygens (including phenoxy) is 3. The van der Waals surface area contributed by atoms with Crippen molar-refractivity contribution in [2.24, 2.45) is 0 Å². The quantitative estimate of drug-likeness (QED) is 0.252. The number of hydrogen-bond donors (Lipinski definition) is 1. The van der Waals surface area contributed by atoms with E-state index in [1.807, 2.05) is 26.0 Å². The Hall–Kier alpha value is -2.88. The van der Waals surface area contributed by atoms with Crippen LogP contribution in [0, 0.1) is 0 Å². The van der Waals surface area contributed by atoms with Gasteiger partial charge in [0.15, 0.2) is 11.5 Å². The summed E-state index contributed by atoms with van der Waals surface area (Å²) in [7, 11) is 1.56. The van der Waals surface area contributed by atoms with Crippen LogP contribution < -0.4 is 14.8 Å². The second-order valence-corrected chi connectivity index (χ2v) is 9.83. The lowest BCUT2D eigenvalue weighted by Crippen LogP contribution is -2.29. The predicted octanol–water partition coefficient (Wildman–Crippen LogP) is 6.14. The molecule has 1 N–H and O–H groups in total. The second kappa shape index (κ2) is 11.5. The molecule has 190 valence electrons. The molecule has 0 radical (unpaired) electrons. The van der Waals surface area contributed by atoms with Gasteiger partial charge in [0.2, 0.25) is 11.1 Å². The van der Waals surface area contributed by atoms with Crippen LogP contribution in [0.5, 0.6) is 11.5 Å². The van der Waals surface area contributed by atoms with Crippen LogP contribution in [0.2, 0.25) is 10.0 Å². The molecular weight excluding hydrogens is 523 g/mol. The number of nitrogens with one attached hydrogen (secondary N) is 1. The molecule has 1 aliphatic heterocycles. The van der Waals surface area contributed by atoms with Crippen molar-refractivity contribution in [1.82, 2.24) is 14.8 Å². The van der Waals surface area contributed by atoms with Gasteiger partial charge in [-0.2, -0.15) is 4.98 Å². The number of anilines is 1. The van der Waals surface area contributed by atoms with Crippen molar-refractivity contribution in [2.75, 3.05) is 24.8 Å². The van der Waals surface area contributed by atoms with Crippen molar-refractivity contribution in [3.63, 3.8) is 0 Å². The van der Waals surface area contributed by atoms with Crippen molar-refractivity contribution in [1.29, 1.82) is 0 Å². The number of hydrogen-bond acceptors (Lipinski definition) is 8. The molecule has 11 heteroatoms. The Morgan fingerprint density at radius 1 is 1.17 bits per heavy atom. The second-order valence-electron chi connectivity index (χ2n) is 7.78. The minimum atomic E-state index is -0.569. The predicted molar refractivity (Wildman–Crippen MR) is 141 cm³/mol. The average molecular weight is 549 g/mol. The number of halogens is 2. The molecule has 0 aliphatic carbocycles. The van der Waals surface area contributed by atoms with Gasteiger partial charge in [-0.25, -0.2) is 9.48 Å². The van der Waals surface area contributed by atoms with Crippen LogP contribution in [0.1, 0.15) is 37.9 Å². The van der Waals surface area contributed by atoms with Crippen molar-refractivity contribution < 1.29 is 19.0 Å². The van der Waals surface area contributed by atoms with E-state index in [4.69, 9.17) is 37.4 Å². The van der Waals surface area contributed by atoms with Gasteiger partial charge in [-0.3, -0.25) is 0 Å². The summed E-state index contributed by atoms with van der Waals surface area (Å²) in [6, 6.07) is 10.2. The maximum atomic E-state index is 13.0. The number of methoxy groups -OCH3 is 1. The molecule has 1 aliphatic rings. The Morgan fingerprint density at radius 2 is 1.92 bits per heavy atom. The number of nitrogens with zero attached hydrogens (tertiary/aromatic N) is 3. The molecule has 36 heavy (non-hydrogen) atoms. The lowest BCUT2D eigenvalue weighted by molar-refractivity contribution is -0.139. The van der Waals surface area contributed by atoms with Crippen molar-refractivity contribution in [3.8, 4) is 11.5 Å². The molecule has 1 atom stereocenters. The Bertz CT molecular complexity index is 1290. The van der Waals surface area contributed by atoms with Crippen molar-refractivity contribution in [3.05, 3.63) is 68.8 Å². The molecule has 2 aromatic carbocycles. The zero-order chi connectivity index (χ0) is 25.8. The third kappa shape index (κ3) is 5.28. The zero-order valence-corrected chi connectivity index (χ0v) is 22.6. The number of thioether (sulfide) groups is 1. The first-order chi connectivity index (χ1) is 17.4. The highest BCUT2D eigenvalue weighted by Crippen LogP contribution is 2.40. The fourth-order valence-electron chi connectivity index (χ4n) is 3.90. The summed E-state index contributed by atoms with van der Waals surface area (Å²) in [4.78, 5) is 17.6. The van der Waals surface area contributed by atoms with E-state index >= 15 is 0 Å². The van der Waals surface area contributed by atoms with Gasteiger partial charge in [0.05, 0.1) is 19.3 Å². The molecule has 1 aromatic heterocycles. The van der Waals surface area contributed by atoms with E-state index in [0.717, 1.165) is 11.3 Å². The lowest BCUT2D eigenvalue weighted by atomic mass is 9.95. The molecule has 0 saturated carbocycles. The molecule has 4 rings (SSSR count). The Kier molecular flexibility index (Phi) is 8.33. The van der Waals surface area contributed by atoms with Crippen LogP contribution in [0.4, 0.5) is 5.95 Å². The normalized spacial score (nSPS) is 14.8. The molecule has 0 amide bonds. The summed E-state index contributed by atoms with van der Waals surface area (Å²) in [6.07, 6.45) is 0. The van der Waals surface area contributed by atoms with E-state index in [-0.39, 0.29) is 13.2 Å². The smallest absolute Gasteiger partial charge is 0.338 e. The fourth-order valence-corrected chi connectivity index (χ4v) is 4.96. The van der Waals surface area contributed by atoms with Crippen LogP contribution in [0.15, 0.2) is 52.8 Å². The third-order valence-electron chi connectivity index (χ3n) is 5.54. The van der Waals surface area contributed by atoms with Crippen LogP contribution in [-0.2, 0) is 16.1 Å².